The molecule has 316 valence electrons. The van der Waals surface area contributed by atoms with E-state index in [-0.39, 0.29) is 64.4 Å². The maximum Gasteiger partial charge on any atom is 0.237 e. The van der Waals surface area contributed by atoms with Crippen molar-refractivity contribution in [3.05, 3.63) is 0 Å². The van der Waals surface area contributed by atoms with E-state index in [1.165, 1.54) is 0 Å². The highest BCUT2D eigenvalue weighted by Crippen LogP contribution is 2.88. The molecule has 2 saturated heterocycles. The van der Waals surface area contributed by atoms with E-state index in [1.807, 2.05) is 41.5 Å². The number of rotatable bonds is 15. The summed E-state index contributed by atoms with van der Waals surface area (Å²) in [6.07, 6.45) is 10.8. The van der Waals surface area contributed by atoms with E-state index < -0.39 is 55.9 Å². The average molecular weight is 801 g/mol. The maximum absolute atomic E-state index is 15.2. The number of fused-ring (bicyclic) bond motifs is 1. The van der Waals surface area contributed by atoms with Crippen molar-refractivity contribution in [3.8, 4) is 0 Å². The van der Waals surface area contributed by atoms with Crippen LogP contribution in [0.4, 0.5) is 0 Å². The number of likely N-dealkylation sites (N-methyl/N-ethyl adjacent to an activating group) is 1. The van der Waals surface area contributed by atoms with Gasteiger partial charge in [-0.2, -0.15) is 0 Å². The Balaban J connectivity index is 1.26. The van der Waals surface area contributed by atoms with Crippen molar-refractivity contribution in [1.29, 1.82) is 0 Å². The van der Waals surface area contributed by atoms with E-state index in [0.29, 0.717) is 32.2 Å². The predicted molar refractivity (Wildman–Crippen MR) is 217 cm³/mol. The average Bonchev–Trinajstić information content (AvgIpc) is 3.94. The molecule has 3 amide bonds. The number of Topliss-reactive ketones (excluding diaryl/α,β-unsaturated/α-hetero) is 2. The molecule has 0 bridgehead atoms. The van der Waals surface area contributed by atoms with Gasteiger partial charge in [0.25, 0.3) is 0 Å². The predicted octanol–water partition coefficient (Wildman–Crippen LogP) is 6.18. The van der Waals surface area contributed by atoms with E-state index in [0.717, 1.165) is 70.9 Å². The van der Waals surface area contributed by atoms with Gasteiger partial charge in [-0.15, -0.1) is 0 Å². The van der Waals surface area contributed by atoms with Gasteiger partial charge in [-0.25, -0.2) is 8.42 Å². The Bertz CT molecular complexity index is 1670. The number of hydrogen-bond acceptors (Lipinski definition) is 8. The highest BCUT2D eigenvalue weighted by molar-refractivity contribution is 7.90. The summed E-state index contributed by atoms with van der Waals surface area (Å²) in [6, 6.07) is -1.85. The number of ketones is 2. The number of likely N-dealkylation sites (tertiary alicyclic amines) is 2. The van der Waals surface area contributed by atoms with Gasteiger partial charge in [0.05, 0.1) is 23.4 Å². The van der Waals surface area contributed by atoms with Crippen LogP contribution in [0.2, 0.25) is 0 Å². The quantitative estimate of drug-likeness (QED) is 0.199. The lowest BCUT2D eigenvalue weighted by molar-refractivity contribution is -0.147. The van der Waals surface area contributed by atoms with Crippen LogP contribution in [-0.4, -0.2) is 90.5 Å². The Kier molecular flexibility index (Phi) is 11.9. The Morgan fingerprint density at radius 2 is 1.46 bits per heavy atom. The van der Waals surface area contributed by atoms with Gasteiger partial charge >= 0.3 is 0 Å². The molecule has 0 unspecified atom stereocenters. The summed E-state index contributed by atoms with van der Waals surface area (Å²) in [7, 11) is -3.78. The van der Waals surface area contributed by atoms with Gasteiger partial charge in [0.1, 0.15) is 0 Å². The molecule has 0 aromatic heterocycles. The number of carbonyl (C=O) groups excluding carboxylic acids is 5. The molecular weight excluding hydrogens is 729 g/mol. The molecule has 0 aromatic carbocycles. The lowest BCUT2D eigenvalue weighted by Crippen LogP contribution is -2.57. The molecule has 2 aliphatic heterocycles. The first kappa shape index (κ1) is 43.2. The van der Waals surface area contributed by atoms with E-state index in [1.54, 1.807) is 4.90 Å². The van der Waals surface area contributed by atoms with Gasteiger partial charge < -0.3 is 10.2 Å². The maximum atomic E-state index is 15.2. The molecule has 12 heteroatoms. The zero-order valence-corrected chi connectivity index (χ0v) is 36.7. The van der Waals surface area contributed by atoms with Crippen LogP contribution in [-0.2, 0) is 34.0 Å². The Morgan fingerprint density at radius 3 is 1.96 bits per heavy atom. The van der Waals surface area contributed by atoms with E-state index >= 15 is 4.79 Å². The minimum Gasteiger partial charge on any atom is -0.344 e. The summed E-state index contributed by atoms with van der Waals surface area (Å²) in [5.41, 5.74) is -1.50. The summed E-state index contributed by atoms with van der Waals surface area (Å²) in [5.74, 6) is -2.62. The number of carbonyl (C=O) groups is 5. The van der Waals surface area contributed by atoms with Crippen LogP contribution >= 0.6 is 0 Å². The fourth-order valence-electron chi connectivity index (χ4n) is 11.6. The molecule has 2 N–H and O–H groups in total. The lowest BCUT2D eigenvalue weighted by Gasteiger charge is -2.39. The molecule has 0 aromatic rings. The number of amides is 3. The number of nitrogens with zero attached hydrogens (tertiary/aromatic N) is 2. The molecule has 56 heavy (non-hydrogen) atoms. The molecule has 4 saturated carbocycles. The van der Waals surface area contributed by atoms with Gasteiger partial charge in [0.2, 0.25) is 27.7 Å². The van der Waals surface area contributed by atoms with Gasteiger partial charge in [0.15, 0.2) is 11.6 Å². The van der Waals surface area contributed by atoms with Gasteiger partial charge in [-0.3, -0.25) is 33.6 Å². The van der Waals surface area contributed by atoms with Crippen LogP contribution in [0.15, 0.2) is 0 Å². The van der Waals surface area contributed by atoms with Crippen LogP contribution in [0.5, 0.6) is 0 Å². The smallest absolute Gasteiger partial charge is 0.237 e. The van der Waals surface area contributed by atoms with Crippen molar-refractivity contribution < 1.29 is 32.4 Å². The Morgan fingerprint density at radius 1 is 0.804 bits per heavy atom. The third-order valence-corrected chi connectivity index (χ3v) is 17.7. The third kappa shape index (κ3) is 7.89. The molecule has 11 nitrogen and oxygen atoms in total. The van der Waals surface area contributed by atoms with E-state index in [4.69, 9.17) is 0 Å². The molecule has 2 heterocycles. The summed E-state index contributed by atoms with van der Waals surface area (Å²) in [5, 5.41) is 2.59. The van der Waals surface area contributed by atoms with Crippen molar-refractivity contribution in [2.75, 3.05) is 19.6 Å². The van der Waals surface area contributed by atoms with Crippen LogP contribution in [0.3, 0.4) is 0 Å². The number of sulfonamides is 1. The van der Waals surface area contributed by atoms with Crippen LogP contribution < -0.4 is 10.0 Å². The SMILES string of the molecule is CCN1CCCC[C@H]1C(=O)N[C@H](C(=O)C[C@H](C(=O)N1C[C@]2(C[C@H]1C(=O)C[C@@H](CC1CCC1)C(=O)NS(=O)(=O)C1CC1)C(C)(C)C21CCC1)C(C)(C)C)C(C)(C)C. The van der Waals surface area contributed by atoms with Crippen molar-refractivity contribution >= 4 is 39.3 Å². The topological polar surface area (TPSA) is 150 Å². The zero-order valence-electron chi connectivity index (χ0n) is 35.9. The molecule has 4 aliphatic carbocycles. The Labute approximate surface area is 337 Å². The second-order valence-corrected chi connectivity index (χ2v) is 23.4. The normalized spacial score (nSPS) is 29.2. The fraction of sp³-hybridized carbons (Fsp3) is 0.886. The number of piperidine rings is 1. The highest BCUT2D eigenvalue weighted by Gasteiger charge is 2.85. The fourth-order valence-corrected chi connectivity index (χ4v) is 12.9. The summed E-state index contributed by atoms with van der Waals surface area (Å²) < 4.78 is 28.0. The summed E-state index contributed by atoms with van der Waals surface area (Å²) in [6.45, 7) is 20.4. The van der Waals surface area contributed by atoms with Crippen molar-refractivity contribution in [1.82, 2.24) is 19.8 Å². The molecule has 0 radical (unpaired) electrons. The highest BCUT2D eigenvalue weighted by atomic mass is 32.2. The summed E-state index contributed by atoms with van der Waals surface area (Å²) in [4.78, 5) is 75.8. The zero-order chi connectivity index (χ0) is 41.2. The van der Waals surface area contributed by atoms with Gasteiger partial charge in [-0.05, 0) is 92.0 Å². The molecular formula is C44H72N4O7S. The van der Waals surface area contributed by atoms with E-state index in [2.05, 4.69) is 35.7 Å². The minimum absolute atomic E-state index is 0.0504. The lowest BCUT2D eigenvalue weighted by atomic mass is 9.73. The molecule has 6 rings (SSSR count). The first-order valence-corrected chi connectivity index (χ1v) is 23.5. The molecule has 6 aliphatic rings. The molecule has 2 spiro atoms. The van der Waals surface area contributed by atoms with Crippen molar-refractivity contribution in [2.24, 2.45) is 44.8 Å². The first-order chi connectivity index (χ1) is 26.0. The standard InChI is InChI=1S/C44H72N4O7S/c1-10-47-22-12-11-17-32(47)38(52)45-36(41(5,6)7)35(50)25-31(40(2,3)4)39(53)48-27-44(42(8,9)43(44)20-14-21-43)26-33(48)34(49)24-29(23-28-15-13-16-28)37(51)46-56(54,55)30-18-19-30/h28-33,36H,10-27H2,1-9H3,(H,45,52)(H,46,51)/t29-,31-,32+,33+,36-,44-/m1/s1. The number of hydrogen-bond donors (Lipinski definition) is 2. The van der Waals surface area contributed by atoms with Crippen LogP contribution in [0, 0.1) is 44.8 Å². The number of nitrogens with one attached hydrogen (secondary N) is 2. The van der Waals surface area contributed by atoms with Gasteiger partial charge in [0, 0.05) is 36.6 Å². The summed E-state index contributed by atoms with van der Waals surface area (Å²) >= 11 is 0. The monoisotopic (exact) mass is 801 g/mol. The van der Waals surface area contributed by atoms with E-state index in [9.17, 15) is 27.6 Å². The first-order valence-electron chi connectivity index (χ1n) is 22.0. The second-order valence-electron chi connectivity index (χ2n) is 21.5. The third-order valence-electron chi connectivity index (χ3n) is 15.9. The van der Waals surface area contributed by atoms with Crippen molar-refractivity contribution in [2.45, 2.75) is 182 Å². The van der Waals surface area contributed by atoms with Crippen LogP contribution in [0.25, 0.3) is 0 Å². The minimum atomic E-state index is -3.78. The largest absolute Gasteiger partial charge is 0.344 e. The second kappa shape index (κ2) is 15.4. The molecule has 6 atom stereocenters. The van der Waals surface area contributed by atoms with Crippen molar-refractivity contribution in [3.63, 3.8) is 0 Å². The Hall–Kier alpha value is -2.34. The van der Waals surface area contributed by atoms with Crippen LogP contribution in [0.1, 0.15) is 159 Å². The van der Waals surface area contributed by atoms with Gasteiger partial charge in [-0.1, -0.05) is 94.4 Å². The molecule has 6 fully saturated rings.